The van der Waals surface area contributed by atoms with E-state index in [4.69, 9.17) is 11.5 Å². The van der Waals surface area contributed by atoms with Crippen LogP contribution in [0.1, 0.15) is 89.4 Å². The molecule has 0 spiro atoms. The highest BCUT2D eigenvalue weighted by Crippen LogP contribution is 2.30. The van der Waals surface area contributed by atoms with Gasteiger partial charge in [-0.15, -0.1) is 0 Å². The smallest absolute Gasteiger partial charge is 0.251 e. The molecular weight excluding hydrogens is 943 g/mol. The van der Waals surface area contributed by atoms with Gasteiger partial charge in [0.25, 0.3) is 5.91 Å². The number of hydrogen-bond acceptors (Lipinski definition) is 8. The van der Waals surface area contributed by atoms with E-state index in [1.807, 2.05) is 88.9 Å². The predicted molar refractivity (Wildman–Crippen MR) is 294 cm³/mol. The Bertz CT molecular complexity index is 2950. The van der Waals surface area contributed by atoms with Crippen molar-refractivity contribution >= 4 is 51.3 Å². The fraction of sp³-hybridized carbons (Fsp3) is 0.350. The zero-order chi connectivity index (χ0) is 52.5. The minimum Gasteiger partial charge on any atom is -0.394 e. The van der Waals surface area contributed by atoms with E-state index in [9.17, 15) is 29.1 Å². The van der Waals surface area contributed by atoms with Crippen LogP contribution < -0.4 is 27.4 Å². The minimum atomic E-state index is -1.29. The molecule has 7 aromatic rings. The highest BCUT2D eigenvalue weighted by Gasteiger charge is 2.34. The minimum absolute atomic E-state index is 0.0711. The number of nitrogens with two attached hydrogens (primary N) is 2. The number of para-hydroxylation sites is 2. The topological polar surface area (TPSA) is 232 Å². The lowest BCUT2D eigenvalue weighted by Gasteiger charge is -2.35. The molecule has 4 heterocycles. The average molecular weight is 1010 g/mol. The maximum Gasteiger partial charge on any atom is 0.251 e. The van der Waals surface area contributed by atoms with Crippen LogP contribution in [0.4, 0.5) is 0 Å². The lowest BCUT2D eigenvalue weighted by molar-refractivity contribution is -0.138. The summed E-state index contributed by atoms with van der Waals surface area (Å²) in [5.41, 5.74) is 19.0. The van der Waals surface area contributed by atoms with Crippen LogP contribution in [0.2, 0.25) is 0 Å². The number of unbranched alkanes of at least 4 members (excludes halogenated alkanes) is 1. The Balaban J connectivity index is 0.000000240. The van der Waals surface area contributed by atoms with Crippen molar-refractivity contribution in [3.8, 4) is 0 Å². The van der Waals surface area contributed by atoms with Gasteiger partial charge in [0.05, 0.1) is 12.6 Å². The van der Waals surface area contributed by atoms with E-state index in [-0.39, 0.29) is 24.7 Å². The number of carbonyl (C=O) groups excluding carboxylic acids is 5. The van der Waals surface area contributed by atoms with Crippen molar-refractivity contribution in [2.75, 3.05) is 39.3 Å². The van der Waals surface area contributed by atoms with Gasteiger partial charge in [-0.25, -0.2) is 0 Å². The summed E-state index contributed by atoms with van der Waals surface area (Å²) >= 11 is 0. The summed E-state index contributed by atoms with van der Waals surface area (Å²) in [5.74, 6) is -0.960. The standard InChI is InChI=1S/C38H46N6O5.C22H25N3O/c39-20-10-9-17-32(41-37(48)34(25-45)43-35(46)28-13-5-2-6-14-28)36(47)42-33(23-29-24-40-31-16-8-7-15-30(29)31)38(49)44-21-18-27(19-22-44)26-11-3-1-4-12-26;23-20(14-18-15-24-21-9-5-4-8-19(18)21)22(26)25-12-10-17(11-13-25)16-6-2-1-3-7-16/h1-8,11-16,24,27,32-34,40,45H,9-10,17-23,25,39H2,(H,41,48)(H,42,47)(H,43,46);1-9,15,17,20,24H,10-14,23H2/t32-,33+,34-;20-/m11/s1. The van der Waals surface area contributed by atoms with Crippen LogP contribution in [-0.4, -0.2) is 118 Å². The third-order valence-corrected chi connectivity index (χ3v) is 14.7. The van der Waals surface area contributed by atoms with Gasteiger partial charge in [0.2, 0.25) is 23.6 Å². The Morgan fingerprint density at radius 2 is 1.00 bits per heavy atom. The lowest BCUT2D eigenvalue weighted by Crippen LogP contribution is -2.58. The molecule has 2 aliphatic heterocycles. The van der Waals surface area contributed by atoms with Crippen molar-refractivity contribution in [1.29, 1.82) is 0 Å². The molecule has 0 aliphatic carbocycles. The first kappa shape index (κ1) is 53.7. The van der Waals surface area contributed by atoms with Gasteiger partial charge in [-0.05, 0) is 116 Å². The van der Waals surface area contributed by atoms with E-state index in [1.54, 1.807) is 30.3 Å². The molecule has 10 N–H and O–H groups in total. The fourth-order valence-corrected chi connectivity index (χ4v) is 10.4. The first-order chi connectivity index (χ1) is 36.6. The highest BCUT2D eigenvalue weighted by atomic mass is 16.3. The van der Waals surface area contributed by atoms with E-state index >= 15 is 0 Å². The molecule has 0 radical (unpaired) electrons. The Kier molecular flexibility index (Phi) is 19.0. The second kappa shape index (κ2) is 26.6. The molecule has 0 unspecified atom stereocenters. The number of nitrogens with zero attached hydrogens (tertiary/aromatic N) is 2. The fourth-order valence-electron chi connectivity index (χ4n) is 10.4. The summed E-state index contributed by atoms with van der Waals surface area (Å²) in [6, 6.07) is 41.5. The summed E-state index contributed by atoms with van der Waals surface area (Å²) in [4.78, 5) is 77.3. The van der Waals surface area contributed by atoms with Crippen LogP contribution in [0.5, 0.6) is 0 Å². The van der Waals surface area contributed by atoms with Crippen molar-refractivity contribution in [3.63, 3.8) is 0 Å². The number of aliphatic hydroxyl groups is 1. The molecule has 4 atom stereocenters. The first-order valence-electron chi connectivity index (χ1n) is 26.4. The highest BCUT2D eigenvalue weighted by molar-refractivity contribution is 5.99. The molecule has 2 fully saturated rings. The third kappa shape index (κ3) is 14.2. The number of benzene rings is 5. The number of hydrogen-bond donors (Lipinski definition) is 8. The van der Waals surface area contributed by atoms with E-state index in [0.717, 1.165) is 71.7 Å². The predicted octanol–water partition coefficient (Wildman–Crippen LogP) is 6.45. The molecule has 9 rings (SSSR count). The monoisotopic (exact) mass is 1010 g/mol. The zero-order valence-electron chi connectivity index (χ0n) is 42.5. The summed E-state index contributed by atoms with van der Waals surface area (Å²) in [6.45, 7) is 2.46. The summed E-state index contributed by atoms with van der Waals surface area (Å²) < 4.78 is 0. The van der Waals surface area contributed by atoms with E-state index in [2.05, 4.69) is 68.4 Å². The summed E-state index contributed by atoms with van der Waals surface area (Å²) in [6.07, 6.45) is 9.74. The van der Waals surface area contributed by atoms with Crippen LogP contribution in [-0.2, 0) is 32.0 Å². The van der Waals surface area contributed by atoms with Crippen molar-refractivity contribution < 1.29 is 29.1 Å². The van der Waals surface area contributed by atoms with Crippen molar-refractivity contribution in [2.45, 2.75) is 93.8 Å². The number of carbonyl (C=O) groups is 5. The molecule has 0 bridgehead atoms. The normalized spacial score (nSPS) is 15.8. The number of fused-ring (bicyclic) bond motifs is 2. The summed E-state index contributed by atoms with van der Waals surface area (Å²) in [7, 11) is 0. The number of H-pyrrole nitrogens is 2. The summed E-state index contributed by atoms with van der Waals surface area (Å²) in [5, 5.41) is 20.4. The van der Waals surface area contributed by atoms with Gasteiger partial charge in [0.15, 0.2) is 0 Å². The van der Waals surface area contributed by atoms with Crippen molar-refractivity contribution in [2.24, 2.45) is 11.5 Å². The molecular formula is C60H71N9O6. The maximum atomic E-state index is 14.2. The van der Waals surface area contributed by atoms with E-state index < -0.39 is 48.5 Å². The van der Waals surface area contributed by atoms with Crippen molar-refractivity contribution in [1.82, 2.24) is 35.7 Å². The number of aromatic nitrogens is 2. The van der Waals surface area contributed by atoms with Crippen LogP contribution >= 0.6 is 0 Å². The largest absolute Gasteiger partial charge is 0.394 e. The third-order valence-electron chi connectivity index (χ3n) is 14.7. The molecule has 2 aliphatic rings. The van der Waals surface area contributed by atoms with Gasteiger partial charge in [-0.3, -0.25) is 24.0 Å². The number of piperidine rings is 2. The molecule has 2 saturated heterocycles. The molecule has 75 heavy (non-hydrogen) atoms. The Labute approximate surface area is 438 Å². The second-order valence-electron chi connectivity index (χ2n) is 19.7. The van der Waals surface area contributed by atoms with E-state index in [0.29, 0.717) is 56.3 Å². The van der Waals surface area contributed by atoms with Gasteiger partial charge in [-0.1, -0.05) is 115 Å². The van der Waals surface area contributed by atoms with Gasteiger partial charge in [-0.2, -0.15) is 0 Å². The number of rotatable bonds is 19. The maximum absolute atomic E-state index is 14.2. The Morgan fingerprint density at radius 3 is 1.52 bits per heavy atom. The molecule has 5 amide bonds. The van der Waals surface area contributed by atoms with Crippen LogP contribution in [0.3, 0.4) is 0 Å². The number of aliphatic hydroxyl groups excluding tert-OH is 1. The van der Waals surface area contributed by atoms with Crippen LogP contribution in [0.25, 0.3) is 21.8 Å². The second-order valence-corrected chi connectivity index (χ2v) is 19.7. The SMILES string of the molecule is NCCCC[C@@H](NC(=O)[C@@H](CO)NC(=O)c1ccccc1)C(=O)N[C@@H](Cc1c[nH]c2ccccc12)C(=O)N1CCC(c2ccccc2)CC1.N[C@H](Cc1c[nH]c2ccccc12)C(=O)N1CCC(c2ccccc2)CC1. The van der Waals surface area contributed by atoms with Crippen molar-refractivity contribution in [3.05, 3.63) is 180 Å². The Hall–Kier alpha value is -7.59. The van der Waals surface area contributed by atoms with Gasteiger partial charge >= 0.3 is 0 Å². The number of amides is 5. The number of aromatic amines is 2. The number of nitrogens with one attached hydrogen (secondary N) is 5. The average Bonchev–Trinajstić information content (AvgIpc) is 4.08. The van der Waals surface area contributed by atoms with Gasteiger partial charge in [0, 0.05) is 72.4 Å². The van der Waals surface area contributed by atoms with Gasteiger partial charge < -0.3 is 52.3 Å². The zero-order valence-corrected chi connectivity index (χ0v) is 42.5. The Morgan fingerprint density at radius 1 is 0.547 bits per heavy atom. The van der Waals surface area contributed by atoms with Crippen LogP contribution in [0.15, 0.2) is 152 Å². The first-order valence-corrected chi connectivity index (χ1v) is 26.4. The number of likely N-dealkylation sites (tertiary alicyclic amines) is 2. The lowest BCUT2D eigenvalue weighted by atomic mass is 9.89. The van der Waals surface area contributed by atoms with Crippen LogP contribution in [0, 0.1) is 0 Å². The molecule has 15 heteroatoms. The molecule has 0 saturated carbocycles. The van der Waals surface area contributed by atoms with Gasteiger partial charge in [0.1, 0.15) is 18.1 Å². The molecule has 392 valence electrons. The van der Waals surface area contributed by atoms with E-state index in [1.165, 1.54) is 11.1 Å². The molecule has 5 aromatic carbocycles. The molecule has 15 nitrogen and oxygen atoms in total. The molecule has 2 aromatic heterocycles. The quantitative estimate of drug-likeness (QED) is 0.0419.